The van der Waals surface area contributed by atoms with Gasteiger partial charge in [0, 0.05) is 18.7 Å². The number of carbonyl (C=O) groups is 2. The fourth-order valence-electron chi connectivity index (χ4n) is 2.19. The van der Waals surface area contributed by atoms with E-state index >= 15 is 0 Å². The molecule has 0 aliphatic carbocycles. The number of likely N-dealkylation sites (tertiary alicyclic amines) is 1. The molecule has 0 aromatic heterocycles. The minimum atomic E-state index is -1.10. The van der Waals surface area contributed by atoms with Crippen LogP contribution in [0.4, 0.5) is 10.5 Å². The Balaban J connectivity index is 2.09. The highest BCUT2D eigenvalue weighted by atomic mass is 16.4. The number of nitrogens with zero attached hydrogens (tertiary/aromatic N) is 1. The van der Waals surface area contributed by atoms with Gasteiger partial charge in [-0.2, -0.15) is 0 Å². The first kappa shape index (κ1) is 13.4. The number of aryl methyl sites for hydroxylation is 1. The van der Waals surface area contributed by atoms with Crippen molar-refractivity contribution in [3.63, 3.8) is 0 Å². The molecule has 1 aromatic carbocycles. The summed E-state index contributed by atoms with van der Waals surface area (Å²) < 4.78 is 0. The van der Waals surface area contributed by atoms with E-state index in [0.29, 0.717) is 5.69 Å². The van der Waals surface area contributed by atoms with Gasteiger partial charge in [0.1, 0.15) is 6.04 Å². The van der Waals surface area contributed by atoms with Gasteiger partial charge in [-0.25, -0.2) is 9.59 Å². The molecule has 1 heterocycles. The SMILES string of the molecule is Cc1cccc(NC(=O)N2CC(O)C[C@H]2C(=O)O)c1. The molecule has 1 fully saturated rings. The van der Waals surface area contributed by atoms with Gasteiger partial charge in [-0.15, -0.1) is 0 Å². The highest BCUT2D eigenvalue weighted by Gasteiger charge is 2.38. The lowest BCUT2D eigenvalue weighted by molar-refractivity contribution is -0.141. The maximum Gasteiger partial charge on any atom is 0.326 e. The summed E-state index contributed by atoms with van der Waals surface area (Å²) in [5, 5.41) is 21.2. The molecule has 3 N–H and O–H groups in total. The molecule has 1 aliphatic heterocycles. The Bertz CT molecular complexity index is 503. The predicted octanol–water partition coefficient (Wildman–Crippen LogP) is 1.05. The number of carbonyl (C=O) groups excluding carboxylic acids is 1. The molecule has 2 amide bonds. The van der Waals surface area contributed by atoms with Crippen LogP contribution in [0.2, 0.25) is 0 Å². The number of aliphatic carboxylic acids is 1. The fourth-order valence-corrected chi connectivity index (χ4v) is 2.19. The zero-order valence-electron chi connectivity index (χ0n) is 10.5. The van der Waals surface area contributed by atoms with Gasteiger partial charge in [0.05, 0.1) is 6.10 Å². The molecule has 6 heteroatoms. The minimum absolute atomic E-state index is 0.0363. The van der Waals surface area contributed by atoms with E-state index in [9.17, 15) is 14.7 Å². The number of nitrogens with one attached hydrogen (secondary N) is 1. The third kappa shape index (κ3) is 3.03. The van der Waals surface area contributed by atoms with E-state index < -0.39 is 24.1 Å². The second-order valence-corrected chi connectivity index (χ2v) is 4.70. The second-order valence-electron chi connectivity index (χ2n) is 4.70. The number of hydrogen-bond donors (Lipinski definition) is 3. The number of carboxylic acid groups (broad SMARTS) is 1. The second kappa shape index (κ2) is 5.27. The topological polar surface area (TPSA) is 89.9 Å². The van der Waals surface area contributed by atoms with Gasteiger partial charge in [-0.3, -0.25) is 0 Å². The van der Waals surface area contributed by atoms with Crippen LogP contribution in [-0.2, 0) is 4.79 Å². The van der Waals surface area contributed by atoms with Crippen molar-refractivity contribution in [2.45, 2.75) is 25.5 Å². The smallest absolute Gasteiger partial charge is 0.326 e. The number of aliphatic hydroxyl groups is 1. The number of carboxylic acids is 1. The lowest BCUT2D eigenvalue weighted by atomic mass is 10.2. The molecule has 0 saturated carbocycles. The molecule has 1 saturated heterocycles. The van der Waals surface area contributed by atoms with Crippen LogP contribution in [0.5, 0.6) is 0 Å². The number of aliphatic hydroxyl groups excluding tert-OH is 1. The van der Waals surface area contributed by atoms with Gasteiger partial charge in [0.2, 0.25) is 0 Å². The van der Waals surface area contributed by atoms with Crippen molar-refractivity contribution < 1.29 is 19.8 Å². The number of hydrogen-bond acceptors (Lipinski definition) is 3. The lowest BCUT2D eigenvalue weighted by Crippen LogP contribution is -2.43. The molecule has 0 bridgehead atoms. The van der Waals surface area contributed by atoms with Crippen LogP contribution in [0.15, 0.2) is 24.3 Å². The van der Waals surface area contributed by atoms with Gasteiger partial charge < -0.3 is 20.4 Å². The average Bonchev–Trinajstić information content (AvgIpc) is 2.71. The summed E-state index contributed by atoms with van der Waals surface area (Å²) in [4.78, 5) is 24.2. The number of urea groups is 1. The van der Waals surface area contributed by atoms with Crippen molar-refractivity contribution in [1.29, 1.82) is 0 Å². The molecule has 1 aliphatic rings. The monoisotopic (exact) mass is 264 g/mol. The van der Waals surface area contributed by atoms with Crippen molar-refractivity contribution >= 4 is 17.7 Å². The van der Waals surface area contributed by atoms with Crippen LogP contribution in [0, 0.1) is 6.92 Å². The number of anilines is 1. The maximum atomic E-state index is 12.0. The zero-order chi connectivity index (χ0) is 14.0. The van der Waals surface area contributed by atoms with Gasteiger partial charge in [-0.1, -0.05) is 12.1 Å². The van der Waals surface area contributed by atoms with Crippen LogP contribution >= 0.6 is 0 Å². The normalized spacial score (nSPS) is 22.3. The highest BCUT2D eigenvalue weighted by Crippen LogP contribution is 2.20. The van der Waals surface area contributed by atoms with Crippen LogP contribution in [0.1, 0.15) is 12.0 Å². The summed E-state index contributed by atoms with van der Waals surface area (Å²) in [6.07, 6.45) is -0.722. The van der Waals surface area contributed by atoms with Gasteiger partial charge in [0.25, 0.3) is 0 Å². The van der Waals surface area contributed by atoms with E-state index in [0.717, 1.165) is 10.5 Å². The van der Waals surface area contributed by atoms with Crippen molar-refractivity contribution in [2.75, 3.05) is 11.9 Å². The molecule has 102 valence electrons. The van der Waals surface area contributed by atoms with Crippen LogP contribution < -0.4 is 5.32 Å². The summed E-state index contributed by atoms with van der Waals surface area (Å²) in [5.74, 6) is -1.10. The number of β-amino-alcohol motifs (C(OH)–C–C–N with tert-alkyl or cyclic N) is 1. The number of rotatable bonds is 2. The summed E-state index contributed by atoms with van der Waals surface area (Å²) in [7, 11) is 0. The largest absolute Gasteiger partial charge is 0.480 e. The quantitative estimate of drug-likeness (QED) is 0.744. The Morgan fingerprint density at radius 2 is 2.16 bits per heavy atom. The molecule has 19 heavy (non-hydrogen) atoms. The van der Waals surface area contributed by atoms with E-state index in [-0.39, 0.29) is 13.0 Å². The first-order valence-corrected chi connectivity index (χ1v) is 6.02. The van der Waals surface area contributed by atoms with Gasteiger partial charge in [0.15, 0.2) is 0 Å². The standard InChI is InChI=1S/C13H16N2O4/c1-8-3-2-4-9(5-8)14-13(19)15-7-10(16)6-11(15)12(17)18/h2-5,10-11,16H,6-7H2,1H3,(H,14,19)(H,17,18)/t10?,11-/m0/s1. The predicted molar refractivity (Wildman–Crippen MR) is 69.0 cm³/mol. The van der Waals surface area contributed by atoms with Crippen molar-refractivity contribution in [2.24, 2.45) is 0 Å². The Morgan fingerprint density at radius 3 is 2.79 bits per heavy atom. The Hall–Kier alpha value is -2.08. The molecule has 6 nitrogen and oxygen atoms in total. The third-order valence-electron chi connectivity index (χ3n) is 3.09. The zero-order valence-corrected chi connectivity index (χ0v) is 10.5. The molecule has 1 unspecified atom stereocenters. The van der Waals surface area contributed by atoms with Crippen LogP contribution in [0.3, 0.4) is 0 Å². The number of benzene rings is 1. The lowest BCUT2D eigenvalue weighted by Gasteiger charge is -2.21. The Kier molecular flexibility index (Phi) is 3.71. The minimum Gasteiger partial charge on any atom is -0.480 e. The Labute approximate surface area is 110 Å². The van der Waals surface area contributed by atoms with E-state index in [1.807, 2.05) is 13.0 Å². The highest BCUT2D eigenvalue weighted by molar-refractivity contribution is 5.92. The first-order valence-electron chi connectivity index (χ1n) is 6.02. The summed E-state index contributed by atoms with van der Waals surface area (Å²) in [6, 6.07) is 5.75. The molecule has 2 atom stereocenters. The molecular weight excluding hydrogens is 248 g/mol. The molecule has 1 aromatic rings. The summed E-state index contributed by atoms with van der Waals surface area (Å²) >= 11 is 0. The summed E-state index contributed by atoms with van der Waals surface area (Å²) in [5.41, 5.74) is 1.60. The molecular formula is C13H16N2O4. The molecule has 2 rings (SSSR count). The van der Waals surface area contributed by atoms with Crippen molar-refractivity contribution in [1.82, 2.24) is 4.90 Å². The Morgan fingerprint density at radius 1 is 1.42 bits per heavy atom. The van der Waals surface area contributed by atoms with Crippen molar-refractivity contribution in [3.05, 3.63) is 29.8 Å². The maximum absolute atomic E-state index is 12.0. The molecule has 0 spiro atoms. The van der Waals surface area contributed by atoms with Gasteiger partial charge >= 0.3 is 12.0 Å². The average molecular weight is 264 g/mol. The van der Waals surface area contributed by atoms with Crippen LogP contribution in [-0.4, -0.2) is 45.8 Å². The van der Waals surface area contributed by atoms with E-state index in [2.05, 4.69) is 5.32 Å². The molecule has 0 radical (unpaired) electrons. The fraction of sp³-hybridized carbons (Fsp3) is 0.385. The first-order chi connectivity index (χ1) is 8.97. The van der Waals surface area contributed by atoms with E-state index in [4.69, 9.17) is 5.11 Å². The van der Waals surface area contributed by atoms with Crippen LogP contribution in [0.25, 0.3) is 0 Å². The third-order valence-corrected chi connectivity index (χ3v) is 3.09. The van der Waals surface area contributed by atoms with Gasteiger partial charge in [-0.05, 0) is 24.6 Å². The van der Waals surface area contributed by atoms with E-state index in [1.54, 1.807) is 18.2 Å². The number of amides is 2. The van der Waals surface area contributed by atoms with Crippen molar-refractivity contribution in [3.8, 4) is 0 Å². The summed E-state index contributed by atoms with van der Waals surface area (Å²) in [6.45, 7) is 1.93. The van der Waals surface area contributed by atoms with E-state index in [1.165, 1.54) is 0 Å².